The Morgan fingerprint density at radius 2 is 1.73 bits per heavy atom. The molecule has 0 spiro atoms. The minimum absolute atomic E-state index is 0.136. The Morgan fingerprint density at radius 1 is 1.03 bits per heavy atom. The van der Waals surface area contributed by atoms with Crippen molar-refractivity contribution in [1.82, 2.24) is 14.5 Å². The fourth-order valence-corrected chi connectivity index (χ4v) is 4.23. The van der Waals surface area contributed by atoms with Crippen molar-refractivity contribution in [3.8, 4) is 0 Å². The molecule has 4 rings (SSSR count). The number of hydrogen-bond donors (Lipinski definition) is 1. The number of aliphatic hydroxyl groups excluding tert-OH is 1. The number of ketones is 1. The van der Waals surface area contributed by atoms with Crippen molar-refractivity contribution in [2.45, 2.75) is 45.7 Å². The molecule has 2 heterocycles. The summed E-state index contributed by atoms with van der Waals surface area (Å²) in [6.07, 6.45) is 5.97. The third kappa shape index (κ3) is 4.60. The highest BCUT2D eigenvalue weighted by Crippen LogP contribution is 2.39. The van der Waals surface area contributed by atoms with Crippen LogP contribution in [0.15, 0.2) is 72.8 Å². The number of amides is 1. The molecule has 0 bridgehead atoms. The van der Waals surface area contributed by atoms with Crippen LogP contribution in [0.25, 0.3) is 5.76 Å². The predicted molar refractivity (Wildman–Crippen MR) is 128 cm³/mol. The maximum Gasteiger partial charge on any atom is 0.295 e. The van der Waals surface area contributed by atoms with Crippen molar-refractivity contribution in [3.63, 3.8) is 0 Å². The second kappa shape index (κ2) is 9.45. The van der Waals surface area contributed by atoms with Crippen molar-refractivity contribution in [2.75, 3.05) is 6.54 Å². The molecule has 1 unspecified atom stereocenters. The maximum atomic E-state index is 13.1. The number of likely N-dealkylation sites (tertiary alicyclic amines) is 1. The van der Waals surface area contributed by atoms with Gasteiger partial charge in [-0.3, -0.25) is 9.59 Å². The van der Waals surface area contributed by atoms with Gasteiger partial charge in [-0.05, 0) is 30.4 Å². The zero-order chi connectivity index (χ0) is 23.5. The highest BCUT2D eigenvalue weighted by Gasteiger charge is 2.45. The summed E-state index contributed by atoms with van der Waals surface area (Å²) in [4.78, 5) is 31.8. The third-order valence-corrected chi connectivity index (χ3v) is 6.16. The van der Waals surface area contributed by atoms with E-state index in [9.17, 15) is 14.7 Å². The first-order valence-corrected chi connectivity index (χ1v) is 11.3. The van der Waals surface area contributed by atoms with Crippen LogP contribution in [-0.2, 0) is 16.1 Å². The number of aromatic nitrogens is 2. The number of benzene rings is 2. The van der Waals surface area contributed by atoms with Crippen molar-refractivity contribution in [1.29, 1.82) is 0 Å². The summed E-state index contributed by atoms with van der Waals surface area (Å²) in [7, 11) is 0. The average molecular weight is 444 g/mol. The van der Waals surface area contributed by atoms with Gasteiger partial charge in [0.15, 0.2) is 0 Å². The van der Waals surface area contributed by atoms with E-state index >= 15 is 0 Å². The van der Waals surface area contributed by atoms with Gasteiger partial charge in [-0.2, -0.15) is 0 Å². The first kappa shape index (κ1) is 22.5. The molecule has 1 atom stereocenters. The van der Waals surface area contributed by atoms with Crippen LogP contribution in [0.1, 0.15) is 54.5 Å². The Kier molecular flexibility index (Phi) is 6.45. The molecule has 33 heavy (non-hydrogen) atoms. The molecule has 1 aromatic heterocycles. The standard InChI is InChI=1S/C27H29N3O3/c1-18(2)20-9-11-21(12-10-20)24-23(25(31)22-7-5-19(3)6-8-22)26(32)27(33)30(24)15-4-14-29-16-13-28-17-29/h5-13,16-18,24,31H,4,14-15H2,1-3H3/b25-23+. The van der Waals surface area contributed by atoms with Crippen LogP contribution in [0.3, 0.4) is 0 Å². The highest BCUT2D eigenvalue weighted by molar-refractivity contribution is 6.46. The Balaban J connectivity index is 1.73. The molecule has 1 fully saturated rings. The second-order valence-corrected chi connectivity index (χ2v) is 8.83. The molecule has 6 nitrogen and oxygen atoms in total. The van der Waals surface area contributed by atoms with Crippen LogP contribution in [0, 0.1) is 6.92 Å². The zero-order valence-electron chi connectivity index (χ0n) is 19.2. The van der Waals surface area contributed by atoms with Gasteiger partial charge in [0, 0.05) is 31.0 Å². The van der Waals surface area contributed by atoms with Gasteiger partial charge in [0.1, 0.15) is 5.76 Å². The first-order chi connectivity index (χ1) is 15.9. The van der Waals surface area contributed by atoms with Gasteiger partial charge in [0.05, 0.1) is 17.9 Å². The number of aliphatic hydroxyl groups is 1. The van der Waals surface area contributed by atoms with Gasteiger partial charge in [-0.1, -0.05) is 67.9 Å². The number of carbonyl (C=O) groups excluding carboxylic acids is 2. The number of rotatable bonds is 7. The summed E-state index contributed by atoms with van der Waals surface area (Å²) < 4.78 is 1.94. The molecular formula is C27H29N3O3. The van der Waals surface area contributed by atoms with Crippen LogP contribution in [-0.4, -0.2) is 37.8 Å². The van der Waals surface area contributed by atoms with Crippen molar-refractivity contribution in [2.24, 2.45) is 0 Å². The van der Waals surface area contributed by atoms with E-state index in [0.29, 0.717) is 31.0 Å². The fraction of sp³-hybridized carbons (Fsp3) is 0.296. The van der Waals surface area contributed by atoms with Gasteiger partial charge in [-0.25, -0.2) is 4.98 Å². The Morgan fingerprint density at radius 3 is 2.33 bits per heavy atom. The SMILES string of the molecule is Cc1ccc(/C(O)=C2\C(=O)C(=O)N(CCCn3ccnc3)C2c2ccc(C(C)C)cc2)cc1. The molecule has 0 radical (unpaired) electrons. The molecule has 1 N–H and O–H groups in total. The molecule has 6 heteroatoms. The molecule has 1 amide bonds. The van der Waals surface area contributed by atoms with Gasteiger partial charge < -0.3 is 14.6 Å². The number of carbonyl (C=O) groups is 2. The van der Waals surface area contributed by atoms with E-state index in [1.54, 1.807) is 29.6 Å². The lowest BCUT2D eigenvalue weighted by Gasteiger charge is -2.25. The van der Waals surface area contributed by atoms with Crippen LogP contribution >= 0.6 is 0 Å². The van der Waals surface area contributed by atoms with Crippen molar-refractivity contribution in [3.05, 3.63) is 95.1 Å². The van der Waals surface area contributed by atoms with E-state index in [0.717, 1.165) is 11.1 Å². The first-order valence-electron chi connectivity index (χ1n) is 11.3. The predicted octanol–water partition coefficient (Wildman–Crippen LogP) is 4.83. The van der Waals surface area contributed by atoms with Gasteiger partial charge in [0.25, 0.3) is 11.7 Å². The number of Topliss-reactive ketones (excluding diaryl/α,β-unsaturated/α-hetero) is 1. The largest absolute Gasteiger partial charge is 0.507 e. The lowest BCUT2D eigenvalue weighted by molar-refractivity contribution is -0.139. The summed E-state index contributed by atoms with van der Waals surface area (Å²) in [5.74, 6) is -0.989. The van der Waals surface area contributed by atoms with E-state index < -0.39 is 17.7 Å². The Hall–Kier alpha value is -3.67. The maximum absolute atomic E-state index is 13.1. The van der Waals surface area contributed by atoms with Gasteiger partial charge in [-0.15, -0.1) is 0 Å². The van der Waals surface area contributed by atoms with Crippen molar-refractivity contribution < 1.29 is 14.7 Å². The smallest absolute Gasteiger partial charge is 0.295 e. The number of hydrogen-bond acceptors (Lipinski definition) is 4. The Labute approximate surface area is 194 Å². The van der Waals surface area contributed by atoms with Gasteiger partial charge in [0.2, 0.25) is 0 Å². The zero-order valence-corrected chi connectivity index (χ0v) is 19.2. The molecule has 170 valence electrons. The van der Waals surface area contributed by atoms with E-state index in [1.807, 2.05) is 54.1 Å². The van der Waals surface area contributed by atoms with Crippen LogP contribution in [0.4, 0.5) is 0 Å². The second-order valence-electron chi connectivity index (χ2n) is 8.83. The lowest BCUT2D eigenvalue weighted by Crippen LogP contribution is -2.31. The van der Waals surface area contributed by atoms with Crippen molar-refractivity contribution >= 4 is 17.4 Å². The Bertz CT molecular complexity index is 1160. The van der Waals surface area contributed by atoms with Crippen LogP contribution < -0.4 is 0 Å². The summed E-state index contributed by atoms with van der Waals surface area (Å²) in [6.45, 7) is 7.27. The number of imidazole rings is 1. The van der Waals surface area contributed by atoms with Crippen LogP contribution in [0.2, 0.25) is 0 Å². The monoisotopic (exact) mass is 443 g/mol. The fourth-order valence-electron chi connectivity index (χ4n) is 4.23. The summed E-state index contributed by atoms with van der Waals surface area (Å²) in [6, 6.07) is 14.6. The number of aryl methyl sites for hydroxylation is 2. The normalized spacial score (nSPS) is 17.8. The third-order valence-electron chi connectivity index (χ3n) is 6.16. The number of nitrogens with zero attached hydrogens (tertiary/aromatic N) is 3. The summed E-state index contributed by atoms with van der Waals surface area (Å²) in [5.41, 5.74) is 3.71. The molecule has 2 aromatic carbocycles. The summed E-state index contributed by atoms with van der Waals surface area (Å²) >= 11 is 0. The molecule has 1 aliphatic rings. The molecular weight excluding hydrogens is 414 g/mol. The topological polar surface area (TPSA) is 75.4 Å². The van der Waals surface area contributed by atoms with Gasteiger partial charge >= 0.3 is 0 Å². The van der Waals surface area contributed by atoms with E-state index in [1.165, 1.54) is 5.56 Å². The molecule has 0 saturated carbocycles. The average Bonchev–Trinajstić information content (AvgIpc) is 3.41. The molecule has 3 aromatic rings. The summed E-state index contributed by atoms with van der Waals surface area (Å²) in [5, 5.41) is 11.1. The lowest BCUT2D eigenvalue weighted by atomic mass is 9.93. The highest BCUT2D eigenvalue weighted by atomic mass is 16.3. The molecule has 1 saturated heterocycles. The van der Waals surface area contributed by atoms with Crippen LogP contribution in [0.5, 0.6) is 0 Å². The molecule has 1 aliphatic heterocycles. The molecule has 0 aliphatic carbocycles. The van der Waals surface area contributed by atoms with E-state index in [2.05, 4.69) is 18.8 Å². The van der Waals surface area contributed by atoms with E-state index in [4.69, 9.17) is 0 Å². The minimum atomic E-state index is -0.645. The van der Waals surface area contributed by atoms with E-state index in [-0.39, 0.29) is 11.3 Å². The quantitative estimate of drug-likeness (QED) is 0.322. The minimum Gasteiger partial charge on any atom is -0.507 e.